The number of pyridine rings is 1. The third-order valence-electron chi connectivity index (χ3n) is 5.26. The van der Waals surface area contributed by atoms with Crippen LogP contribution in [0, 0.1) is 0 Å². The minimum absolute atomic E-state index is 0.0769. The normalized spacial score (nSPS) is 20.7. The molecule has 1 aliphatic heterocycles. The van der Waals surface area contributed by atoms with Gasteiger partial charge < -0.3 is 14.8 Å². The van der Waals surface area contributed by atoms with Crippen molar-refractivity contribution in [2.24, 2.45) is 0 Å². The molecule has 0 saturated carbocycles. The quantitative estimate of drug-likeness (QED) is 0.738. The molecular weight excluding hydrogens is 368 g/mol. The number of rotatable bonds is 3. The number of carbonyl (C=O) groups excluding carboxylic acids is 1. The number of amides is 1. The summed E-state index contributed by atoms with van der Waals surface area (Å²) < 4.78 is 13.6. The van der Waals surface area contributed by atoms with E-state index in [2.05, 4.69) is 17.3 Å². The summed E-state index contributed by atoms with van der Waals surface area (Å²) in [5.74, 6) is -0.0769. The molecule has 4 rings (SSSR count). The van der Waals surface area contributed by atoms with Crippen molar-refractivity contribution in [3.8, 4) is 0 Å². The second-order valence-corrected chi connectivity index (χ2v) is 7.27. The first-order chi connectivity index (χ1) is 14.2. The van der Waals surface area contributed by atoms with Gasteiger partial charge in [0.1, 0.15) is 0 Å². The van der Waals surface area contributed by atoms with Gasteiger partial charge >= 0.3 is 0 Å². The number of hydrogen-bond acceptors (Lipinski definition) is 5. The first-order valence-corrected chi connectivity index (χ1v) is 9.97. The van der Waals surface area contributed by atoms with Crippen LogP contribution >= 0.6 is 0 Å². The summed E-state index contributed by atoms with van der Waals surface area (Å²) in [5.41, 5.74) is 3.64. The minimum Gasteiger partial charge on any atom is -0.379 e. The first kappa shape index (κ1) is 19.5. The van der Waals surface area contributed by atoms with E-state index in [0.717, 1.165) is 34.4 Å². The van der Waals surface area contributed by atoms with E-state index in [0.29, 0.717) is 19.6 Å². The molecule has 0 spiro atoms. The van der Waals surface area contributed by atoms with Gasteiger partial charge in [-0.15, -0.1) is 0 Å². The Labute approximate surface area is 170 Å². The Hall–Kier alpha value is -2.77. The molecule has 152 valence electrons. The van der Waals surface area contributed by atoms with Crippen molar-refractivity contribution in [3.05, 3.63) is 59.5 Å². The average Bonchev–Trinajstić information content (AvgIpc) is 3.15. The van der Waals surface area contributed by atoms with Crippen molar-refractivity contribution in [1.82, 2.24) is 20.1 Å². The second kappa shape index (κ2) is 8.71. The Morgan fingerprint density at radius 3 is 2.86 bits per heavy atom. The lowest BCUT2D eigenvalue weighted by atomic mass is 10.1. The number of benzene rings is 1. The largest absolute Gasteiger partial charge is 0.379 e. The molecule has 0 fully saturated rings. The Morgan fingerprint density at radius 1 is 1.28 bits per heavy atom. The lowest BCUT2D eigenvalue weighted by Gasteiger charge is -2.23. The predicted molar refractivity (Wildman–Crippen MR) is 110 cm³/mol. The molecule has 2 bridgehead atoms. The maximum absolute atomic E-state index is 12.8. The third kappa shape index (κ3) is 4.31. The van der Waals surface area contributed by atoms with Crippen molar-refractivity contribution >= 4 is 16.8 Å². The summed E-state index contributed by atoms with van der Waals surface area (Å²) >= 11 is 0. The van der Waals surface area contributed by atoms with Gasteiger partial charge in [-0.05, 0) is 18.6 Å². The molecule has 29 heavy (non-hydrogen) atoms. The zero-order chi connectivity index (χ0) is 20.2. The van der Waals surface area contributed by atoms with Crippen LogP contribution in [-0.4, -0.2) is 47.1 Å². The molecule has 2 aromatic heterocycles. The number of fused-ring (bicyclic) bond motifs is 4. The van der Waals surface area contributed by atoms with Crippen LogP contribution < -0.4 is 5.32 Å². The van der Waals surface area contributed by atoms with Gasteiger partial charge in [-0.2, -0.15) is 5.10 Å². The lowest BCUT2D eigenvalue weighted by molar-refractivity contribution is -0.121. The minimum atomic E-state index is -0.216. The molecule has 3 heterocycles. The fourth-order valence-electron chi connectivity index (χ4n) is 3.79. The Kier molecular flexibility index (Phi) is 5.87. The third-order valence-corrected chi connectivity index (χ3v) is 5.26. The van der Waals surface area contributed by atoms with Crippen LogP contribution in [-0.2, 0) is 33.7 Å². The highest BCUT2D eigenvalue weighted by molar-refractivity contribution is 5.84. The van der Waals surface area contributed by atoms with E-state index in [-0.39, 0.29) is 24.5 Å². The van der Waals surface area contributed by atoms with E-state index in [1.807, 2.05) is 47.3 Å². The van der Waals surface area contributed by atoms with Gasteiger partial charge in [0, 0.05) is 25.5 Å². The van der Waals surface area contributed by atoms with Crippen molar-refractivity contribution in [2.45, 2.75) is 38.5 Å². The number of aromatic nitrogens is 3. The van der Waals surface area contributed by atoms with Crippen molar-refractivity contribution in [3.63, 3.8) is 0 Å². The number of nitrogens with one attached hydrogen (secondary N) is 1. The van der Waals surface area contributed by atoms with Crippen LogP contribution in [0.2, 0.25) is 0 Å². The molecule has 1 aromatic carbocycles. The van der Waals surface area contributed by atoms with Crippen molar-refractivity contribution in [1.29, 1.82) is 0 Å². The van der Waals surface area contributed by atoms with E-state index in [4.69, 9.17) is 14.5 Å². The highest BCUT2D eigenvalue weighted by atomic mass is 16.5. The number of aryl methyl sites for hydroxylation is 1. The van der Waals surface area contributed by atoms with Gasteiger partial charge in [0.25, 0.3) is 0 Å². The van der Waals surface area contributed by atoms with Gasteiger partial charge in [-0.1, -0.05) is 30.3 Å². The monoisotopic (exact) mass is 394 g/mol. The Morgan fingerprint density at radius 2 is 2.10 bits per heavy atom. The molecule has 1 N–H and O–H groups in total. The molecule has 0 saturated heterocycles. The summed E-state index contributed by atoms with van der Waals surface area (Å²) in [7, 11) is 1.69. The summed E-state index contributed by atoms with van der Waals surface area (Å²) in [6.45, 7) is 3.62. The molecule has 7 heteroatoms. The molecule has 0 aliphatic carbocycles. The lowest BCUT2D eigenvalue weighted by Crippen LogP contribution is -2.34. The highest BCUT2D eigenvalue weighted by Crippen LogP contribution is 2.22. The first-order valence-electron chi connectivity index (χ1n) is 9.97. The van der Waals surface area contributed by atoms with E-state index in [1.54, 1.807) is 7.11 Å². The number of nitrogens with zero attached hydrogens (tertiary/aromatic N) is 3. The average molecular weight is 394 g/mol. The van der Waals surface area contributed by atoms with Crippen LogP contribution in [0.25, 0.3) is 10.9 Å². The second-order valence-electron chi connectivity index (χ2n) is 7.27. The summed E-state index contributed by atoms with van der Waals surface area (Å²) in [6, 6.07) is 11.6. The zero-order valence-corrected chi connectivity index (χ0v) is 16.8. The number of ether oxygens (including phenoxy) is 2. The zero-order valence-electron chi connectivity index (χ0n) is 16.8. The fourth-order valence-corrected chi connectivity index (χ4v) is 3.79. The fraction of sp³-hybridized carbons (Fsp3) is 0.409. The molecule has 1 amide bonds. The number of carbonyl (C=O) groups is 1. The maximum Gasteiger partial charge on any atom is 0.226 e. The van der Waals surface area contributed by atoms with Crippen molar-refractivity contribution < 1.29 is 14.3 Å². The summed E-state index contributed by atoms with van der Waals surface area (Å²) in [6.07, 6.45) is 2.51. The molecule has 3 aromatic rings. The molecule has 2 atom stereocenters. The van der Waals surface area contributed by atoms with Gasteiger partial charge in [0.05, 0.1) is 54.9 Å². The number of methoxy groups -OCH3 is 1. The Balaban J connectivity index is 1.70. The van der Waals surface area contributed by atoms with E-state index < -0.39 is 0 Å². The van der Waals surface area contributed by atoms with Crippen LogP contribution in [0.1, 0.15) is 29.9 Å². The van der Waals surface area contributed by atoms with Crippen LogP contribution in [0.3, 0.4) is 0 Å². The van der Waals surface area contributed by atoms with Gasteiger partial charge in [0.2, 0.25) is 5.91 Å². The summed E-state index contributed by atoms with van der Waals surface area (Å²) in [5, 5.41) is 8.55. The van der Waals surface area contributed by atoms with Crippen LogP contribution in [0.5, 0.6) is 0 Å². The number of hydrogen-bond donors (Lipinski definition) is 1. The van der Waals surface area contributed by atoms with Gasteiger partial charge in [-0.3, -0.25) is 14.5 Å². The molecule has 0 unspecified atom stereocenters. The Bertz CT molecular complexity index is 986. The van der Waals surface area contributed by atoms with E-state index >= 15 is 0 Å². The topological polar surface area (TPSA) is 78.3 Å². The van der Waals surface area contributed by atoms with E-state index in [9.17, 15) is 4.79 Å². The standard InChI is InChI=1S/C22H26N4O3/c1-3-26-22-16(12-23-26)9-17-10-21(27)25-20(15-7-5-4-6-8-15)14-29-13-18(28-2)11-19(22)24-17/h4-9,12,18,20H,3,10-11,13-14H2,1-2H3,(H,25,27)/t18-,20+/m0/s1. The molecule has 0 radical (unpaired) electrons. The summed E-state index contributed by atoms with van der Waals surface area (Å²) in [4.78, 5) is 17.6. The molecular formula is C22H26N4O3. The van der Waals surface area contributed by atoms with Gasteiger partial charge in [0.15, 0.2) is 0 Å². The van der Waals surface area contributed by atoms with Gasteiger partial charge in [-0.25, -0.2) is 0 Å². The highest BCUT2D eigenvalue weighted by Gasteiger charge is 2.21. The maximum atomic E-state index is 12.8. The smallest absolute Gasteiger partial charge is 0.226 e. The van der Waals surface area contributed by atoms with Crippen molar-refractivity contribution in [2.75, 3.05) is 20.3 Å². The van der Waals surface area contributed by atoms with Crippen LogP contribution in [0.4, 0.5) is 0 Å². The SMILES string of the molecule is CCn1ncc2cc3nc(c21)C[C@H](OC)COC[C@H](c1ccccc1)NC(=O)C3. The van der Waals surface area contributed by atoms with Crippen LogP contribution in [0.15, 0.2) is 42.6 Å². The molecule has 1 aliphatic rings. The molecule has 7 nitrogen and oxygen atoms in total. The van der Waals surface area contributed by atoms with E-state index in [1.165, 1.54) is 0 Å². The predicted octanol–water partition coefficient (Wildman–Crippen LogP) is 2.44.